The van der Waals surface area contributed by atoms with E-state index in [2.05, 4.69) is 33.8 Å². The van der Waals surface area contributed by atoms with Gasteiger partial charge in [-0.05, 0) is 38.3 Å². The predicted molar refractivity (Wildman–Crippen MR) is 110 cm³/mol. The summed E-state index contributed by atoms with van der Waals surface area (Å²) in [7, 11) is -1.25. The second-order valence-corrected chi connectivity index (χ2v) is 8.55. The monoisotopic (exact) mass is 382 g/mol. The van der Waals surface area contributed by atoms with E-state index in [9.17, 15) is 8.42 Å². The molecule has 1 rings (SSSR count). The Labute approximate surface area is 159 Å². The summed E-state index contributed by atoms with van der Waals surface area (Å²) < 4.78 is 26.6. The van der Waals surface area contributed by atoms with Crippen LogP contribution in [0.3, 0.4) is 0 Å². The second kappa shape index (κ2) is 11.2. The fourth-order valence-electron chi connectivity index (χ4n) is 2.50. The maximum absolute atomic E-state index is 12.0. The number of nitrogens with zero attached hydrogens (tertiary/aromatic N) is 2. The van der Waals surface area contributed by atoms with Crippen molar-refractivity contribution in [2.75, 3.05) is 20.1 Å². The summed E-state index contributed by atoms with van der Waals surface area (Å²) in [6.07, 6.45) is 2.29. The number of rotatable bonds is 10. The molecule has 0 heterocycles. The lowest BCUT2D eigenvalue weighted by Crippen LogP contribution is -2.39. The molecule has 0 aliphatic rings. The standard InChI is InChI=1S/C19H34N4O2S/c1-6-8-13-23(5)19(20-7-2)21-14-17-9-11-18(12-10-17)15-26(24,25)22-16(3)4/h9-12,16,22H,6-8,13-15H2,1-5H3,(H,20,21). The van der Waals surface area contributed by atoms with Crippen molar-refractivity contribution in [3.63, 3.8) is 0 Å². The molecule has 2 N–H and O–H groups in total. The van der Waals surface area contributed by atoms with Gasteiger partial charge in [0.1, 0.15) is 0 Å². The number of unbranched alkanes of at least 4 members (excludes halogenated alkanes) is 1. The Morgan fingerprint density at radius 1 is 1.15 bits per heavy atom. The molecule has 0 aliphatic carbocycles. The van der Waals surface area contributed by atoms with Crippen molar-refractivity contribution >= 4 is 16.0 Å². The molecule has 0 amide bonds. The Morgan fingerprint density at radius 2 is 1.77 bits per heavy atom. The van der Waals surface area contributed by atoms with Gasteiger partial charge in [0.15, 0.2) is 5.96 Å². The highest BCUT2D eigenvalue weighted by molar-refractivity contribution is 7.88. The molecule has 6 nitrogen and oxygen atoms in total. The Balaban J connectivity index is 2.72. The average molecular weight is 383 g/mol. The van der Waals surface area contributed by atoms with E-state index in [0.717, 1.165) is 43.0 Å². The van der Waals surface area contributed by atoms with Gasteiger partial charge in [-0.2, -0.15) is 0 Å². The normalized spacial score (nSPS) is 12.5. The molecule has 0 unspecified atom stereocenters. The van der Waals surface area contributed by atoms with Crippen molar-refractivity contribution < 1.29 is 8.42 Å². The van der Waals surface area contributed by atoms with Gasteiger partial charge in [0.05, 0.1) is 12.3 Å². The number of sulfonamides is 1. The van der Waals surface area contributed by atoms with E-state index in [1.54, 1.807) is 0 Å². The van der Waals surface area contributed by atoms with Gasteiger partial charge in [-0.25, -0.2) is 18.1 Å². The molecule has 0 aliphatic heterocycles. The van der Waals surface area contributed by atoms with E-state index in [1.165, 1.54) is 0 Å². The smallest absolute Gasteiger partial charge is 0.216 e. The van der Waals surface area contributed by atoms with Crippen molar-refractivity contribution in [1.82, 2.24) is 14.9 Å². The average Bonchev–Trinajstić information content (AvgIpc) is 2.56. The van der Waals surface area contributed by atoms with Crippen LogP contribution >= 0.6 is 0 Å². The van der Waals surface area contributed by atoms with Crippen molar-refractivity contribution in [1.29, 1.82) is 0 Å². The zero-order valence-electron chi connectivity index (χ0n) is 16.7. The highest BCUT2D eigenvalue weighted by atomic mass is 32.2. The first-order valence-electron chi connectivity index (χ1n) is 9.34. The number of benzene rings is 1. The molecule has 0 spiro atoms. The van der Waals surface area contributed by atoms with Gasteiger partial charge in [-0.1, -0.05) is 37.6 Å². The molecule has 0 bridgehead atoms. The summed E-state index contributed by atoms with van der Waals surface area (Å²) in [4.78, 5) is 6.83. The Bertz CT molecular complexity index is 655. The van der Waals surface area contributed by atoms with Gasteiger partial charge in [-0.3, -0.25) is 0 Å². The first-order valence-corrected chi connectivity index (χ1v) is 11.0. The molecule has 0 radical (unpaired) electrons. The molecule has 0 saturated carbocycles. The van der Waals surface area contributed by atoms with Gasteiger partial charge < -0.3 is 10.2 Å². The Kier molecular flexibility index (Phi) is 9.65. The summed E-state index contributed by atoms with van der Waals surface area (Å²) in [5.74, 6) is 0.894. The van der Waals surface area contributed by atoms with Crippen molar-refractivity contribution in [2.24, 2.45) is 4.99 Å². The molecular formula is C19H34N4O2S. The SMILES string of the molecule is CCCCN(C)C(=NCc1ccc(CS(=O)(=O)NC(C)C)cc1)NCC. The molecule has 148 valence electrons. The molecule has 1 aromatic rings. The van der Waals surface area contributed by atoms with Crippen LogP contribution in [0.15, 0.2) is 29.3 Å². The van der Waals surface area contributed by atoms with Crippen molar-refractivity contribution in [3.05, 3.63) is 35.4 Å². The van der Waals surface area contributed by atoms with E-state index < -0.39 is 10.0 Å². The van der Waals surface area contributed by atoms with E-state index >= 15 is 0 Å². The van der Waals surface area contributed by atoms with Crippen LogP contribution in [0.5, 0.6) is 0 Å². The highest BCUT2D eigenvalue weighted by Crippen LogP contribution is 2.09. The van der Waals surface area contributed by atoms with Crippen LogP contribution < -0.4 is 10.0 Å². The van der Waals surface area contributed by atoms with Crippen molar-refractivity contribution in [2.45, 2.75) is 58.9 Å². The Hall–Kier alpha value is -1.60. The minimum atomic E-state index is -3.29. The molecule has 0 atom stereocenters. The highest BCUT2D eigenvalue weighted by Gasteiger charge is 2.12. The van der Waals surface area contributed by atoms with Gasteiger partial charge >= 0.3 is 0 Å². The van der Waals surface area contributed by atoms with E-state index in [0.29, 0.717) is 6.54 Å². The molecule has 0 fully saturated rings. The topological polar surface area (TPSA) is 73.8 Å². The fourth-order valence-corrected chi connectivity index (χ4v) is 3.93. The third-order valence-electron chi connectivity index (χ3n) is 3.75. The lowest BCUT2D eigenvalue weighted by Gasteiger charge is -2.21. The molecular weight excluding hydrogens is 348 g/mol. The van der Waals surface area contributed by atoms with Crippen LogP contribution in [0, 0.1) is 0 Å². The number of nitrogens with one attached hydrogen (secondary N) is 2. The number of hydrogen-bond donors (Lipinski definition) is 2. The lowest BCUT2D eigenvalue weighted by molar-refractivity contribution is 0.465. The summed E-state index contributed by atoms with van der Waals surface area (Å²) in [6, 6.07) is 7.51. The molecule has 0 saturated heterocycles. The minimum Gasteiger partial charge on any atom is -0.357 e. The minimum absolute atomic E-state index is 0.00285. The second-order valence-electron chi connectivity index (χ2n) is 6.79. The van der Waals surface area contributed by atoms with Gasteiger partial charge in [-0.15, -0.1) is 0 Å². The number of guanidine groups is 1. The largest absolute Gasteiger partial charge is 0.357 e. The zero-order valence-corrected chi connectivity index (χ0v) is 17.6. The number of aliphatic imine (C=N–C) groups is 1. The Morgan fingerprint density at radius 3 is 2.31 bits per heavy atom. The van der Waals surface area contributed by atoms with Gasteiger partial charge in [0.2, 0.25) is 10.0 Å². The summed E-state index contributed by atoms with van der Waals surface area (Å²) in [5, 5.41) is 3.31. The van der Waals surface area contributed by atoms with E-state index in [4.69, 9.17) is 0 Å². The lowest BCUT2D eigenvalue weighted by atomic mass is 10.1. The van der Waals surface area contributed by atoms with Crippen LogP contribution in [-0.2, 0) is 22.3 Å². The van der Waals surface area contributed by atoms with Gasteiger partial charge in [0, 0.05) is 26.2 Å². The third kappa shape index (κ3) is 8.67. The first-order chi connectivity index (χ1) is 12.3. The molecule has 1 aromatic carbocycles. The van der Waals surface area contributed by atoms with Crippen LogP contribution in [0.1, 0.15) is 51.7 Å². The molecule has 26 heavy (non-hydrogen) atoms. The molecule has 7 heteroatoms. The third-order valence-corrected chi connectivity index (χ3v) is 5.29. The molecule has 0 aromatic heterocycles. The summed E-state index contributed by atoms with van der Waals surface area (Å²) in [5.41, 5.74) is 1.83. The first kappa shape index (κ1) is 22.4. The van der Waals surface area contributed by atoms with Crippen LogP contribution in [-0.4, -0.2) is 45.5 Å². The van der Waals surface area contributed by atoms with E-state index in [-0.39, 0.29) is 11.8 Å². The fraction of sp³-hybridized carbons (Fsp3) is 0.632. The van der Waals surface area contributed by atoms with E-state index in [1.807, 2.05) is 45.2 Å². The predicted octanol–water partition coefficient (Wildman–Crippen LogP) is 2.71. The zero-order chi connectivity index (χ0) is 19.6. The quantitative estimate of drug-likeness (QED) is 0.482. The van der Waals surface area contributed by atoms with Crippen LogP contribution in [0.25, 0.3) is 0 Å². The van der Waals surface area contributed by atoms with Crippen LogP contribution in [0.4, 0.5) is 0 Å². The van der Waals surface area contributed by atoms with Crippen molar-refractivity contribution in [3.8, 4) is 0 Å². The van der Waals surface area contributed by atoms with Crippen LogP contribution in [0.2, 0.25) is 0 Å². The maximum atomic E-state index is 12.0. The maximum Gasteiger partial charge on any atom is 0.216 e. The number of hydrogen-bond acceptors (Lipinski definition) is 3. The van der Waals surface area contributed by atoms with Gasteiger partial charge in [0.25, 0.3) is 0 Å². The summed E-state index contributed by atoms with van der Waals surface area (Å²) >= 11 is 0. The summed E-state index contributed by atoms with van der Waals surface area (Å²) in [6.45, 7) is 10.2.